The van der Waals surface area contributed by atoms with Crippen LogP contribution in [0, 0.1) is 5.92 Å². The molecule has 3 nitrogen and oxygen atoms in total. The zero-order valence-electron chi connectivity index (χ0n) is 11.3. The minimum absolute atomic E-state index is 0.198. The van der Waals surface area contributed by atoms with E-state index in [2.05, 4.69) is 19.2 Å². The fourth-order valence-electron chi connectivity index (χ4n) is 2.86. The third-order valence-electron chi connectivity index (χ3n) is 3.95. The first-order valence-electron chi connectivity index (χ1n) is 7.21. The van der Waals surface area contributed by atoms with Crippen LogP contribution in [0.3, 0.4) is 0 Å². The highest BCUT2D eigenvalue weighted by molar-refractivity contribution is 4.85. The largest absolute Gasteiger partial charge is 0.348 e. The van der Waals surface area contributed by atoms with E-state index in [1.165, 1.54) is 25.7 Å². The van der Waals surface area contributed by atoms with E-state index in [4.69, 9.17) is 9.47 Å². The average Bonchev–Trinajstić information content (AvgIpc) is 2.75. The van der Waals surface area contributed by atoms with E-state index < -0.39 is 0 Å². The van der Waals surface area contributed by atoms with E-state index in [1.54, 1.807) is 0 Å². The normalized spacial score (nSPS) is 24.9. The maximum absolute atomic E-state index is 5.74. The van der Waals surface area contributed by atoms with Crippen LogP contribution in [-0.2, 0) is 9.47 Å². The minimum Gasteiger partial charge on any atom is -0.348 e. The third-order valence-corrected chi connectivity index (χ3v) is 3.95. The summed E-state index contributed by atoms with van der Waals surface area (Å²) in [5.74, 6) is 0.627. The summed E-state index contributed by atoms with van der Waals surface area (Å²) in [6, 6.07) is 0.681. The maximum Gasteiger partial charge on any atom is 0.168 e. The molecule has 1 saturated carbocycles. The first-order valence-corrected chi connectivity index (χ1v) is 7.21. The van der Waals surface area contributed by atoms with Gasteiger partial charge in [0.25, 0.3) is 0 Å². The first-order chi connectivity index (χ1) is 8.20. The van der Waals surface area contributed by atoms with Crippen molar-refractivity contribution in [3.63, 3.8) is 0 Å². The van der Waals surface area contributed by atoms with Crippen LogP contribution in [0.25, 0.3) is 0 Å². The Labute approximate surface area is 105 Å². The molecule has 1 N–H and O–H groups in total. The van der Waals surface area contributed by atoms with Crippen molar-refractivity contribution in [2.45, 2.75) is 64.2 Å². The number of ether oxygens (including phenoxy) is 2. The van der Waals surface area contributed by atoms with Gasteiger partial charge in [0.05, 0.1) is 13.2 Å². The molecule has 0 aromatic rings. The Bertz CT molecular complexity index is 214. The van der Waals surface area contributed by atoms with Crippen LogP contribution in [0.4, 0.5) is 0 Å². The van der Waals surface area contributed by atoms with Gasteiger partial charge in [-0.1, -0.05) is 13.8 Å². The van der Waals surface area contributed by atoms with Crippen LogP contribution in [0.2, 0.25) is 0 Å². The molecular weight excluding hydrogens is 214 g/mol. The van der Waals surface area contributed by atoms with Gasteiger partial charge in [-0.2, -0.15) is 0 Å². The van der Waals surface area contributed by atoms with Gasteiger partial charge in [0, 0.05) is 18.9 Å². The summed E-state index contributed by atoms with van der Waals surface area (Å²) in [5, 5.41) is 3.67. The number of nitrogens with one attached hydrogen (secondary N) is 1. The Kier molecular flexibility index (Phi) is 4.83. The lowest BCUT2D eigenvalue weighted by molar-refractivity contribution is -0.179. The second-order valence-corrected chi connectivity index (χ2v) is 5.87. The van der Waals surface area contributed by atoms with Crippen LogP contribution in [0.5, 0.6) is 0 Å². The molecule has 17 heavy (non-hydrogen) atoms. The third kappa shape index (κ3) is 3.94. The molecule has 0 amide bonds. The topological polar surface area (TPSA) is 30.5 Å². The summed E-state index contributed by atoms with van der Waals surface area (Å²) in [6.45, 7) is 7.31. The van der Waals surface area contributed by atoms with E-state index >= 15 is 0 Å². The van der Waals surface area contributed by atoms with Gasteiger partial charge in [0.1, 0.15) is 0 Å². The van der Waals surface area contributed by atoms with Gasteiger partial charge < -0.3 is 14.8 Å². The summed E-state index contributed by atoms with van der Waals surface area (Å²) in [4.78, 5) is 0. The Morgan fingerprint density at radius 3 is 2.41 bits per heavy atom. The van der Waals surface area contributed by atoms with Crippen LogP contribution in [-0.4, -0.2) is 31.6 Å². The number of hydrogen-bond donors (Lipinski definition) is 1. The molecule has 1 heterocycles. The molecule has 0 radical (unpaired) electrons. The Morgan fingerprint density at radius 2 is 1.82 bits per heavy atom. The van der Waals surface area contributed by atoms with Crippen molar-refractivity contribution in [2.75, 3.05) is 19.8 Å². The van der Waals surface area contributed by atoms with Gasteiger partial charge in [-0.05, 0) is 38.1 Å². The maximum atomic E-state index is 5.74. The molecule has 0 bridgehead atoms. The molecule has 2 aliphatic rings. The molecule has 2 rings (SSSR count). The SMILES string of the molecule is CC(C)CCCNC1CCC2(CC1)OCCO2. The zero-order chi connectivity index (χ0) is 12.1. The van der Waals surface area contributed by atoms with Crippen molar-refractivity contribution < 1.29 is 9.47 Å². The van der Waals surface area contributed by atoms with Crippen molar-refractivity contribution in [3.05, 3.63) is 0 Å². The average molecular weight is 241 g/mol. The molecule has 1 spiro atoms. The van der Waals surface area contributed by atoms with Crippen molar-refractivity contribution in [2.24, 2.45) is 5.92 Å². The second-order valence-electron chi connectivity index (χ2n) is 5.87. The molecule has 1 aliphatic heterocycles. The predicted octanol–water partition coefficient (Wildman–Crippen LogP) is 2.70. The fraction of sp³-hybridized carbons (Fsp3) is 1.00. The summed E-state index contributed by atoms with van der Waals surface area (Å²) in [6.07, 6.45) is 7.15. The molecule has 0 aromatic heterocycles. The molecule has 100 valence electrons. The van der Waals surface area contributed by atoms with E-state index in [1.807, 2.05) is 0 Å². The van der Waals surface area contributed by atoms with Crippen LogP contribution in [0.1, 0.15) is 52.4 Å². The standard InChI is InChI=1S/C14H27NO2/c1-12(2)4-3-9-15-13-5-7-14(8-6-13)16-10-11-17-14/h12-13,15H,3-11H2,1-2H3. The smallest absolute Gasteiger partial charge is 0.168 e. The van der Waals surface area contributed by atoms with Crippen LogP contribution in [0.15, 0.2) is 0 Å². The number of rotatable bonds is 5. The first kappa shape index (κ1) is 13.3. The van der Waals surface area contributed by atoms with Crippen molar-refractivity contribution in [3.8, 4) is 0 Å². The Balaban J connectivity index is 1.59. The van der Waals surface area contributed by atoms with Crippen molar-refractivity contribution >= 4 is 0 Å². The predicted molar refractivity (Wildman–Crippen MR) is 69.0 cm³/mol. The molecule has 2 fully saturated rings. The molecule has 0 aromatic carbocycles. The highest BCUT2D eigenvalue weighted by atomic mass is 16.7. The summed E-state index contributed by atoms with van der Waals surface area (Å²) in [7, 11) is 0. The summed E-state index contributed by atoms with van der Waals surface area (Å²) >= 11 is 0. The molecule has 3 heteroatoms. The van der Waals surface area contributed by atoms with Gasteiger partial charge in [-0.3, -0.25) is 0 Å². The lowest BCUT2D eigenvalue weighted by Gasteiger charge is -2.35. The fourth-order valence-corrected chi connectivity index (χ4v) is 2.86. The van der Waals surface area contributed by atoms with E-state index in [0.717, 1.165) is 38.5 Å². The van der Waals surface area contributed by atoms with Gasteiger partial charge in [-0.15, -0.1) is 0 Å². The van der Waals surface area contributed by atoms with Gasteiger partial charge in [-0.25, -0.2) is 0 Å². The lowest BCUT2D eigenvalue weighted by atomic mass is 9.90. The van der Waals surface area contributed by atoms with Crippen LogP contribution >= 0.6 is 0 Å². The Hall–Kier alpha value is -0.120. The number of hydrogen-bond acceptors (Lipinski definition) is 3. The van der Waals surface area contributed by atoms with Gasteiger partial charge in [0.2, 0.25) is 0 Å². The quantitative estimate of drug-likeness (QED) is 0.751. The Morgan fingerprint density at radius 1 is 1.18 bits per heavy atom. The molecule has 1 saturated heterocycles. The molecule has 0 atom stereocenters. The molecule has 1 aliphatic carbocycles. The van der Waals surface area contributed by atoms with Gasteiger partial charge >= 0.3 is 0 Å². The molecule has 0 unspecified atom stereocenters. The second kappa shape index (κ2) is 6.17. The highest BCUT2D eigenvalue weighted by Gasteiger charge is 2.39. The van der Waals surface area contributed by atoms with Crippen molar-refractivity contribution in [1.29, 1.82) is 0 Å². The lowest BCUT2D eigenvalue weighted by Crippen LogP contribution is -2.42. The summed E-state index contributed by atoms with van der Waals surface area (Å²) < 4.78 is 11.5. The monoisotopic (exact) mass is 241 g/mol. The van der Waals surface area contributed by atoms with Gasteiger partial charge in [0.15, 0.2) is 5.79 Å². The zero-order valence-corrected chi connectivity index (χ0v) is 11.3. The van der Waals surface area contributed by atoms with E-state index in [9.17, 15) is 0 Å². The highest BCUT2D eigenvalue weighted by Crippen LogP contribution is 2.35. The minimum atomic E-state index is -0.198. The van der Waals surface area contributed by atoms with Crippen LogP contribution < -0.4 is 5.32 Å². The van der Waals surface area contributed by atoms with Crippen molar-refractivity contribution in [1.82, 2.24) is 5.32 Å². The van der Waals surface area contributed by atoms with E-state index in [-0.39, 0.29) is 5.79 Å². The molecular formula is C14H27NO2. The van der Waals surface area contributed by atoms with E-state index in [0.29, 0.717) is 6.04 Å². The summed E-state index contributed by atoms with van der Waals surface area (Å²) in [5.41, 5.74) is 0.